The summed E-state index contributed by atoms with van der Waals surface area (Å²) in [6.07, 6.45) is 1.87. The summed E-state index contributed by atoms with van der Waals surface area (Å²) in [6.45, 7) is 11.9. The fraction of sp³-hybridized carbons (Fsp3) is 0.250. The summed E-state index contributed by atoms with van der Waals surface area (Å²) in [5, 5.41) is 0. The number of benzene rings is 1. The lowest BCUT2D eigenvalue weighted by molar-refractivity contribution is 1.44. The van der Waals surface area contributed by atoms with Crippen molar-refractivity contribution in [3.8, 4) is 0 Å². The monoisotopic (exact) mass is 216 g/mol. The van der Waals surface area contributed by atoms with Crippen LogP contribution in [0.25, 0.3) is 5.57 Å². The molecule has 0 unspecified atom stereocenters. The number of rotatable bonds is 3. The molecule has 0 atom stereocenters. The largest absolute Gasteiger partial charge is 0.0988 e. The maximum Gasteiger partial charge on any atom is -0.0132 e. The molecule has 0 amide bonds. The van der Waals surface area contributed by atoms with Crippen molar-refractivity contribution in [1.29, 1.82) is 0 Å². The molecule has 1 rings (SSSR count). The van der Waals surface area contributed by atoms with E-state index in [1.165, 1.54) is 16.7 Å². The van der Waals surface area contributed by atoms with Crippen molar-refractivity contribution in [3.05, 3.63) is 66.3 Å². The molecular weight excluding hydrogens is 192 g/mol. The van der Waals surface area contributed by atoms with Crippen molar-refractivity contribution in [2.45, 2.75) is 28.7 Å². The highest BCUT2D eigenvalue weighted by Gasteiger charge is 2.03. The predicted octanol–water partition coefficient (Wildman–Crippen LogP) is 5.49. The molecular formula is C16H24. The third kappa shape index (κ3) is 3.90. The Morgan fingerprint density at radius 3 is 1.94 bits per heavy atom. The van der Waals surface area contributed by atoms with Crippen LogP contribution >= 0.6 is 0 Å². The third-order valence-electron chi connectivity index (χ3n) is 2.19. The quantitative estimate of drug-likeness (QED) is 0.586. The van der Waals surface area contributed by atoms with Crippen LogP contribution in [0.2, 0.25) is 0 Å². The van der Waals surface area contributed by atoms with Gasteiger partial charge in [-0.1, -0.05) is 70.0 Å². The van der Waals surface area contributed by atoms with Gasteiger partial charge in [-0.25, -0.2) is 0 Å². The normalized spacial score (nSPS) is 10.4. The lowest BCUT2D eigenvalue weighted by Gasteiger charge is -2.09. The molecule has 1 aromatic rings. The molecule has 1 aromatic carbocycles. The van der Waals surface area contributed by atoms with Crippen LogP contribution in [-0.2, 0) is 0 Å². The summed E-state index contributed by atoms with van der Waals surface area (Å²) in [5.41, 5.74) is 4.65. The molecule has 0 N–H and O–H groups in total. The SMILES string of the molecule is C.C.C=C/C(C)=C(\C(=C)C)c1ccccc1. The van der Waals surface area contributed by atoms with Crippen molar-refractivity contribution in [2.24, 2.45) is 0 Å². The van der Waals surface area contributed by atoms with Gasteiger partial charge in [0.15, 0.2) is 0 Å². The summed E-state index contributed by atoms with van der Waals surface area (Å²) in [5.74, 6) is 0. The summed E-state index contributed by atoms with van der Waals surface area (Å²) in [7, 11) is 0. The van der Waals surface area contributed by atoms with Crippen LogP contribution in [0.4, 0.5) is 0 Å². The van der Waals surface area contributed by atoms with E-state index in [1.807, 2.05) is 31.2 Å². The van der Waals surface area contributed by atoms with Crippen molar-refractivity contribution >= 4 is 5.57 Å². The zero-order chi connectivity index (χ0) is 10.6. The average Bonchev–Trinajstić information content (AvgIpc) is 2.19. The van der Waals surface area contributed by atoms with E-state index < -0.39 is 0 Å². The van der Waals surface area contributed by atoms with Gasteiger partial charge in [-0.15, -0.1) is 0 Å². The smallest absolute Gasteiger partial charge is 0.0132 e. The molecule has 0 aromatic heterocycles. The van der Waals surface area contributed by atoms with Gasteiger partial charge >= 0.3 is 0 Å². The Labute approximate surface area is 101 Å². The summed E-state index contributed by atoms with van der Waals surface area (Å²) >= 11 is 0. The first-order chi connectivity index (χ1) is 6.66. The molecule has 0 saturated carbocycles. The van der Waals surface area contributed by atoms with Crippen molar-refractivity contribution in [1.82, 2.24) is 0 Å². The summed E-state index contributed by atoms with van der Waals surface area (Å²) < 4.78 is 0. The Hall–Kier alpha value is -1.56. The van der Waals surface area contributed by atoms with Crippen LogP contribution in [0, 0.1) is 0 Å². The number of hydrogen-bond donors (Lipinski definition) is 0. The van der Waals surface area contributed by atoms with E-state index in [-0.39, 0.29) is 14.9 Å². The summed E-state index contributed by atoms with van der Waals surface area (Å²) in [6, 6.07) is 10.3. The molecule has 0 spiro atoms. The fourth-order valence-electron chi connectivity index (χ4n) is 1.52. The maximum atomic E-state index is 4.00. The molecule has 0 fully saturated rings. The summed E-state index contributed by atoms with van der Waals surface area (Å²) in [4.78, 5) is 0. The Balaban J connectivity index is 0. The highest BCUT2D eigenvalue weighted by atomic mass is 14.1. The molecule has 16 heavy (non-hydrogen) atoms. The van der Waals surface area contributed by atoms with Gasteiger partial charge in [0.05, 0.1) is 0 Å². The molecule has 0 saturated heterocycles. The van der Waals surface area contributed by atoms with E-state index >= 15 is 0 Å². The van der Waals surface area contributed by atoms with Crippen LogP contribution < -0.4 is 0 Å². The van der Waals surface area contributed by atoms with E-state index in [9.17, 15) is 0 Å². The first kappa shape index (κ1) is 16.9. The van der Waals surface area contributed by atoms with E-state index in [0.717, 1.165) is 5.57 Å². The van der Waals surface area contributed by atoms with E-state index in [4.69, 9.17) is 0 Å². The van der Waals surface area contributed by atoms with Crippen LogP contribution in [0.1, 0.15) is 34.3 Å². The predicted molar refractivity (Wildman–Crippen MR) is 77.5 cm³/mol. The molecule has 0 aliphatic carbocycles. The topological polar surface area (TPSA) is 0 Å². The van der Waals surface area contributed by atoms with Crippen LogP contribution in [-0.4, -0.2) is 0 Å². The van der Waals surface area contributed by atoms with Gasteiger partial charge in [-0.3, -0.25) is 0 Å². The van der Waals surface area contributed by atoms with Gasteiger partial charge in [-0.05, 0) is 30.6 Å². The average molecular weight is 216 g/mol. The first-order valence-corrected chi connectivity index (χ1v) is 4.71. The Morgan fingerprint density at radius 1 is 1.06 bits per heavy atom. The molecule has 0 aliphatic rings. The lowest BCUT2D eigenvalue weighted by Crippen LogP contribution is -1.88. The van der Waals surface area contributed by atoms with E-state index in [2.05, 4.69) is 32.2 Å². The maximum absolute atomic E-state index is 4.00. The second-order valence-corrected chi connectivity index (χ2v) is 3.41. The second kappa shape index (κ2) is 7.70. The fourth-order valence-corrected chi connectivity index (χ4v) is 1.52. The standard InChI is InChI=1S/C14H16.2CH4/c1-5-12(4)14(11(2)3)13-9-7-6-8-10-13;;/h5-10H,1-2H2,3-4H3;2*1H4/b14-12+;;. The third-order valence-corrected chi connectivity index (χ3v) is 2.19. The molecule has 0 aliphatic heterocycles. The van der Waals surface area contributed by atoms with Crippen molar-refractivity contribution in [3.63, 3.8) is 0 Å². The van der Waals surface area contributed by atoms with Crippen molar-refractivity contribution in [2.75, 3.05) is 0 Å². The van der Waals surface area contributed by atoms with E-state index in [1.54, 1.807) is 0 Å². The Bertz CT molecular complexity index is 366. The highest BCUT2D eigenvalue weighted by Crippen LogP contribution is 2.25. The molecule has 0 bridgehead atoms. The minimum atomic E-state index is 0. The van der Waals surface area contributed by atoms with E-state index in [0.29, 0.717) is 0 Å². The molecule has 0 nitrogen and oxygen atoms in total. The zero-order valence-electron chi connectivity index (χ0n) is 8.88. The number of allylic oxidation sites excluding steroid dienone is 4. The highest BCUT2D eigenvalue weighted by molar-refractivity contribution is 5.81. The molecule has 0 radical (unpaired) electrons. The van der Waals surface area contributed by atoms with Crippen LogP contribution in [0.15, 0.2) is 60.7 Å². The van der Waals surface area contributed by atoms with Crippen LogP contribution in [0.5, 0.6) is 0 Å². The van der Waals surface area contributed by atoms with Gasteiger partial charge < -0.3 is 0 Å². The molecule has 88 valence electrons. The van der Waals surface area contributed by atoms with Gasteiger partial charge in [0.25, 0.3) is 0 Å². The second-order valence-electron chi connectivity index (χ2n) is 3.41. The molecule has 0 heteroatoms. The zero-order valence-corrected chi connectivity index (χ0v) is 8.88. The minimum absolute atomic E-state index is 0. The van der Waals surface area contributed by atoms with Crippen LogP contribution in [0.3, 0.4) is 0 Å². The Morgan fingerprint density at radius 2 is 1.56 bits per heavy atom. The minimum Gasteiger partial charge on any atom is -0.0988 e. The van der Waals surface area contributed by atoms with Gasteiger partial charge in [0.2, 0.25) is 0 Å². The van der Waals surface area contributed by atoms with Gasteiger partial charge in [0, 0.05) is 0 Å². The van der Waals surface area contributed by atoms with Crippen molar-refractivity contribution < 1.29 is 0 Å². The number of hydrogen-bond acceptors (Lipinski definition) is 0. The molecule has 0 heterocycles. The lowest BCUT2D eigenvalue weighted by atomic mass is 9.95. The Kier molecular flexibility index (Phi) is 8.11. The first-order valence-electron chi connectivity index (χ1n) is 4.71. The van der Waals surface area contributed by atoms with Gasteiger partial charge in [0.1, 0.15) is 0 Å². The van der Waals surface area contributed by atoms with Gasteiger partial charge in [-0.2, -0.15) is 0 Å².